The van der Waals surface area contributed by atoms with Gasteiger partial charge >= 0.3 is 0 Å². The van der Waals surface area contributed by atoms with Crippen molar-refractivity contribution in [3.63, 3.8) is 0 Å². The Labute approximate surface area is 173 Å². The van der Waals surface area contributed by atoms with Crippen LogP contribution in [0.5, 0.6) is 11.6 Å². The van der Waals surface area contributed by atoms with Crippen molar-refractivity contribution in [3.05, 3.63) is 54.0 Å². The van der Waals surface area contributed by atoms with Crippen molar-refractivity contribution in [1.29, 1.82) is 0 Å². The molecule has 0 aromatic carbocycles. The molecule has 0 spiro atoms. The SMILES string of the molecule is CC/C=C/C(=Nc1ccc(OC)nc1)N1CCC(Oc2ccnc(C)c2C)CC1. The predicted molar refractivity (Wildman–Crippen MR) is 116 cm³/mol. The lowest BCUT2D eigenvalue weighted by Gasteiger charge is -2.33. The van der Waals surface area contributed by atoms with Gasteiger partial charge in [0.05, 0.1) is 19.0 Å². The summed E-state index contributed by atoms with van der Waals surface area (Å²) in [7, 11) is 1.61. The largest absolute Gasteiger partial charge is 0.490 e. The molecule has 154 valence electrons. The third-order valence-electron chi connectivity index (χ3n) is 5.14. The van der Waals surface area contributed by atoms with E-state index in [-0.39, 0.29) is 6.10 Å². The number of ether oxygens (including phenoxy) is 2. The minimum Gasteiger partial charge on any atom is -0.490 e. The molecular formula is C23H30N4O2. The normalized spacial score (nSPS) is 15.7. The first-order valence-electron chi connectivity index (χ1n) is 10.2. The van der Waals surface area contributed by atoms with E-state index in [0.717, 1.165) is 60.9 Å². The number of likely N-dealkylation sites (tertiary alicyclic amines) is 1. The van der Waals surface area contributed by atoms with Crippen molar-refractivity contribution in [3.8, 4) is 11.6 Å². The van der Waals surface area contributed by atoms with Gasteiger partial charge in [-0.3, -0.25) is 4.98 Å². The van der Waals surface area contributed by atoms with Gasteiger partial charge in [0.2, 0.25) is 5.88 Å². The molecule has 1 saturated heterocycles. The Morgan fingerprint density at radius 2 is 2.00 bits per heavy atom. The molecule has 1 aliphatic rings. The highest BCUT2D eigenvalue weighted by molar-refractivity contribution is 5.94. The molecular weight excluding hydrogens is 364 g/mol. The Morgan fingerprint density at radius 1 is 1.21 bits per heavy atom. The fourth-order valence-electron chi connectivity index (χ4n) is 3.26. The zero-order valence-electron chi connectivity index (χ0n) is 17.8. The van der Waals surface area contributed by atoms with Gasteiger partial charge in [-0.2, -0.15) is 0 Å². The molecule has 0 unspecified atom stereocenters. The number of amidine groups is 1. The summed E-state index contributed by atoms with van der Waals surface area (Å²) in [5, 5.41) is 0. The second-order valence-electron chi connectivity index (χ2n) is 7.16. The Bertz CT molecular complexity index is 854. The summed E-state index contributed by atoms with van der Waals surface area (Å²) in [5.41, 5.74) is 2.96. The average molecular weight is 395 g/mol. The molecule has 0 N–H and O–H groups in total. The Kier molecular flexibility index (Phi) is 7.22. The zero-order valence-corrected chi connectivity index (χ0v) is 17.8. The minimum absolute atomic E-state index is 0.214. The standard InChI is InChI=1S/C23H30N4O2/c1-5-6-7-22(26-19-8-9-23(28-4)25-16-19)27-14-11-20(12-15-27)29-21-10-13-24-18(3)17(21)2/h6-10,13,16,20H,5,11-12,14-15H2,1-4H3/b7-6+,26-22?. The van der Waals surface area contributed by atoms with Gasteiger partial charge in [0.1, 0.15) is 17.7 Å². The smallest absolute Gasteiger partial charge is 0.213 e. The van der Waals surface area contributed by atoms with Crippen LogP contribution in [0.1, 0.15) is 37.4 Å². The first-order valence-corrected chi connectivity index (χ1v) is 10.2. The molecule has 0 amide bonds. The van der Waals surface area contributed by atoms with Crippen LogP contribution in [-0.4, -0.2) is 47.0 Å². The van der Waals surface area contributed by atoms with Crippen LogP contribution in [0, 0.1) is 13.8 Å². The quantitative estimate of drug-likeness (QED) is 0.528. The number of allylic oxidation sites excluding steroid dienone is 1. The number of rotatable bonds is 6. The highest BCUT2D eigenvalue weighted by Crippen LogP contribution is 2.24. The van der Waals surface area contributed by atoms with Gasteiger partial charge in [0.15, 0.2) is 0 Å². The average Bonchev–Trinajstić information content (AvgIpc) is 2.75. The van der Waals surface area contributed by atoms with Gasteiger partial charge in [0.25, 0.3) is 0 Å². The minimum atomic E-state index is 0.214. The molecule has 3 rings (SSSR count). The number of aryl methyl sites for hydroxylation is 1. The maximum absolute atomic E-state index is 6.27. The molecule has 29 heavy (non-hydrogen) atoms. The molecule has 0 saturated carbocycles. The molecule has 2 aromatic rings. The maximum atomic E-state index is 6.27. The molecule has 0 atom stereocenters. The van der Waals surface area contributed by atoms with E-state index in [0.29, 0.717) is 5.88 Å². The first-order chi connectivity index (χ1) is 14.1. The highest BCUT2D eigenvalue weighted by atomic mass is 16.5. The molecule has 3 heterocycles. The summed E-state index contributed by atoms with van der Waals surface area (Å²) >= 11 is 0. The maximum Gasteiger partial charge on any atom is 0.213 e. The number of piperidine rings is 1. The molecule has 0 aliphatic carbocycles. The lowest BCUT2D eigenvalue weighted by molar-refractivity contribution is 0.130. The van der Waals surface area contributed by atoms with E-state index in [9.17, 15) is 0 Å². The van der Waals surface area contributed by atoms with Crippen molar-refractivity contribution < 1.29 is 9.47 Å². The lowest BCUT2D eigenvalue weighted by Crippen LogP contribution is -2.41. The second kappa shape index (κ2) is 10.0. The Morgan fingerprint density at radius 3 is 2.66 bits per heavy atom. The van der Waals surface area contributed by atoms with Gasteiger partial charge < -0.3 is 14.4 Å². The van der Waals surface area contributed by atoms with Crippen LogP contribution in [0.25, 0.3) is 0 Å². The third-order valence-corrected chi connectivity index (χ3v) is 5.14. The van der Waals surface area contributed by atoms with Crippen LogP contribution in [0.3, 0.4) is 0 Å². The number of nitrogens with zero attached hydrogens (tertiary/aromatic N) is 4. The molecule has 6 nitrogen and oxygen atoms in total. The van der Waals surface area contributed by atoms with Gasteiger partial charge in [-0.1, -0.05) is 13.0 Å². The van der Waals surface area contributed by atoms with E-state index in [4.69, 9.17) is 14.5 Å². The van der Waals surface area contributed by atoms with Gasteiger partial charge in [-0.05, 0) is 38.5 Å². The van der Waals surface area contributed by atoms with Crippen LogP contribution >= 0.6 is 0 Å². The lowest BCUT2D eigenvalue weighted by atomic mass is 10.1. The fraction of sp³-hybridized carbons (Fsp3) is 0.435. The number of aliphatic imine (C=N–C) groups is 1. The van der Waals surface area contributed by atoms with Crippen molar-refractivity contribution in [2.24, 2.45) is 4.99 Å². The summed E-state index contributed by atoms with van der Waals surface area (Å²) in [6.45, 7) is 8.02. The number of hydrogen-bond acceptors (Lipinski definition) is 5. The van der Waals surface area contributed by atoms with E-state index < -0.39 is 0 Å². The third kappa shape index (κ3) is 5.56. The molecule has 6 heteroatoms. The summed E-state index contributed by atoms with van der Waals surface area (Å²) in [4.78, 5) is 15.7. The molecule has 2 aromatic heterocycles. The van der Waals surface area contributed by atoms with E-state index in [1.807, 2.05) is 31.3 Å². The summed E-state index contributed by atoms with van der Waals surface area (Å²) in [6, 6.07) is 5.72. The van der Waals surface area contributed by atoms with Gasteiger partial charge in [-0.25, -0.2) is 9.98 Å². The second-order valence-corrected chi connectivity index (χ2v) is 7.16. The zero-order chi connectivity index (χ0) is 20.6. The van der Waals surface area contributed by atoms with Crippen LogP contribution in [-0.2, 0) is 0 Å². The fourth-order valence-corrected chi connectivity index (χ4v) is 3.26. The molecule has 1 aliphatic heterocycles. The molecule has 0 radical (unpaired) electrons. The van der Waals surface area contributed by atoms with E-state index in [1.54, 1.807) is 13.3 Å². The summed E-state index contributed by atoms with van der Waals surface area (Å²) < 4.78 is 11.4. The first kappa shape index (κ1) is 20.8. The van der Waals surface area contributed by atoms with E-state index in [2.05, 4.69) is 40.9 Å². The van der Waals surface area contributed by atoms with Crippen LogP contribution < -0.4 is 9.47 Å². The number of methoxy groups -OCH3 is 1. The highest BCUT2D eigenvalue weighted by Gasteiger charge is 2.22. The number of pyridine rings is 2. The Balaban J connectivity index is 1.67. The number of aromatic nitrogens is 2. The topological polar surface area (TPSA) is 59.8 Å². The van der Waals surface area contributed by atoms with E-state index >= 15 is 0 Å². The molecule has 0 bridgehead atoms. The predicted octanol–water partition coefficient (Wildman–Crippen LogP) is 4.64. The monoisotopic (exact) mass is 394 g/mol. The van der Waals surface area contributed by atoms with Gasteiger partial charge in [0, 0.05) is 49.5 Å². The summed E-state index contributed by atoms with van der Waals surface area (Å²) in [5.74, 6) is 2.50. The van der Waals surface area contributed by atoms with Gasteiger partial charge in [-0.15, -0.1) is 0 Å². The van der Waals surface area contributed by atoms with E-state index in [1.165, 1.54) is 0 Å². The van der Waals surface area contributed by atoms with Crippen molar-refractivity contribution in [1.82, 2.24) is 14.9 Å². The van der Waals surface area contributed by atoms with Crippen LogP contribution in [0.4, 0.5) is 5.69 Å². The summed E-state index contributed by atoms with van der Waals surface area (Å²) in [6.07, 6.45) is 10.9. The van der Waals surface area contributed by atoms with Crippen molar-refractivity contribution in [2.45, 2.75) is 46.1 Å². The van der Waals surface area contributed by atoms with Crippen molar-refractivity contribution in [2.75, 3.05) is 20.2 Å². The van der Waals surface area contributed by atoms with Crippen molar-refractivity contribution >= 4 is 11.5 Å². The Hall–Kier alpha value is -2.89. The molecule has 1 fully saturated rings. The van der Waals surface area contributed by atoms with Crippen LogP contribution in [0.2, 0.25) is 0 Å². The van der Waals surface area contributed by atoms with Crippen LogP contribution in [0.15, 0.2) is 47.7 Å². The number of hydrogen-bond donors (Lipinski definition) is 0.